The van der Waals surface area contributed by atoms with Gasteiger partial charge in [-0.1, -0.05) is 6.92 Å². The summed E-state index contributed by atoms with van der Waals surface area (Å²) in [7, 11) is 0. The molecule has 0 saturated carbocycles. The smallest absolute Gasteiger partial charge is 0.123 e. The van der Waals surface area contributed by atoms with Crippen molar-refractivity contribution in [2.75, 3.05) is 6.54 Å². The molecule has 3 heteroatoms. The molecule has 0 saturated heterocycles. The van der Waals surface area contributed by atoms with E-state index < -0.39 is 0 Å². The average molecular weight is 185 g/mol. The lowest BCUT2D eigenvalue weighted by Gasteiger charge is -2.06. The Morgan fingerprint density at radius 1 is 1.42 bits per heavy atom. The minimum absolute atomic E-state index is 0.195. The maximum Gasteiger partial charge on any atom is 0.123 e. The zero-order valence-electron chi connectivity index (χ0n) is 6.96. The van der Waals surface area contributed by atoms with Gasteiger partial charge >= 0.3 is 0 Å². The van der Waals surface area contributed by atoms with Crippen molar-refractivity contribution in [2.24, 2.45) is 5.73 Å². The molecule has 0 bridgehead atoms. The van der Waals surface area contributed by atoms with Crippen LogP contribution in [-0.4, -0.2) is 11.8 Å². The molecule has 0 aromatic heterocycles. The van der Waals surface area contributed by atoms with Crippen LogP contribution in [0.2, 0.25) is 0 Å². The van der Waals surface area contributed by atoms with Gasteiger partial charge in [-0.25, -0.2) is 4.39 Å². The molecular weight excluding hydrogens is 173 g/mol. The Hall–Kier alpha value is -0.540. The SMILES string of the molecule is CC(CN)Sc1ccc(F)cc1. The Kier molecular flexibility index (Phi) is 3.56. The van der Waals surface area contributed by atoms with Crippen molar-refractivity contribution in [2.45, 2.75) is 17.1 Å². The van der Waals surface area contributed by atoms with Gasteiger partial charge in [0.05, 0.1) is 0 Å². The highest BCUT2D eigenvalue weighted by atomic mass is 32.2. The molecule has 0 aliphatic rings. The molecule has 0 spiro atoms. The summed E-state index contributed by atoms with van der Waals surface area (Å²) in [6, 6.07) is 6.47. The predicted octanol–water partition coefficient (Wildman–Crippen LogP) is 2.27. The minimum Gasteiger partial charge on any atom is -0.329 e. The van der Waals surface area contributed by atoms with Gasteiger partial charge in [0.1, 0.15) is 5.82 Å². The van der Waals surface area contributed by atoms with E-state index in [2.05, 4.69) is 0 Å². The average Bonchev–Trinajstić information content (AvgIpc) is 2.09. The Morgan fingerprint density at radius 2 is 2.00 bits per heavy atom. The molecule has 1 rings (SSSR count). The Bertz CT molecular complexity index is 235. The normalized spacial score (nSPS) is 12.9. The number of thioether (sulfide) groups is 1. The van der Waals surface area contributed by atoms with Crippen molar-refractivity contribution >= 4 is 11.8 Å². The molecule has 12 heavy (non-hydrogen) atoms. The van der Waals surface area contributed by atoms with E-state index in [-0.39, 0.29) is 5.82 Å². The fraction of sp³-hybridized carbons (Fsp3) is 0.333. The van der Waals surface area contributed by atoms with E-state index in [4.69, 9.17) is 5.73 Å². The number of hydrogen-bond acceptors (Lipinski definition) is 2. The monoisotopic (exact) mass is 185 g/mol. The van der Waals surface area contributed by atoms with E-state index in [9.17, 15) is 4.39 Å². The van der Waals surface area contributed by atoms with Crippen LogP contribution in [0.3, 0.4) is 0 Å². The summed E-state index contributed by atoms with van der Waals surface area (Å²) in [5.41, 5.74) is 5.45. The second kappa shape index (κ2) is 4.48. The lowest BCUT2D eigenvalue weighted by Crippen LogP contribution is -2.12. The van der Waals surface area contributed by atoms with E-state index in [1.165, 1.54) is 12.1 Å². The maximum atomic E-state index is 12.5. The third kappa shape index (κ3) is 2.83. The minimum atomic E-state index is -0.195. The highest BCUT2D eigenvalue weighted by Gasteiger charge is 2.00. The summed E-state index contributed by atoms with van der Waals surface area (Å²) >= 11 is 1.66. The number of hydrogen-bond donors (Lipinski definition) is 1. The molecule has 1 aromatic carbocycles. The van der Waals surface area contributed by atoms with E-state index in [1.807, 2.05) is 6.92 Å². The zero-order valence-corrected chi connectivity index (χ0v) is 7.77. The number of nitrogens with two attached hydrogens (primary N) is 1. The van der Waals surface area contributed by atoms with Gasteiger partial charge in [0.2, 0.25) is 0 Å². The molecule has 0 heterocycles. The molecule has 2 N–H and O–H groups in total. The van der Waals surface area contributed by atoms with Gasteiger partial charge in [-0.3, -0.25) is 0 Å². The second-order valence-corrected chi connectivity index (χ2v) is 4.13. The van der Waals surface area contributed by atoms with Crippen LogP contribution in [0.4, 0.5) is 4.39 Å². The number of rotatable bonds is 3. The molecule has 1 unspecified atom stereocenters. The van der Waals surface area contributed by atoms with Crippen molar-refractivity contribution in [3.05, 3.63) is 30.1 Å². The van der Waals surface area contributed by atoms with E-state index in [0.29, 0.717) is 11.8 Å². The van der Waals surface area contributed by atoms with Crippen LogP contribution in [0.5, 0.6) is 0 Å². The van der Waals surface area contributed by atoms with Crippen LogP contribution in [0.25, 0.3) is 0 Å². The van der Waals surface area contributed by atoms with Gasteiger partial charge in [-0.2, -0.15) is 0 Å². The van der Waals surface area contributed by atoms with Gasteiger partial charge in [-0.15, -0.1) is 11.8 Å². The van der Waals surface area contributed by atoms with E-state index in [0.717, 1.165) is 4.90 Å². The molecule has 0 aliphatic carbocycles. The van der Waals surface area contributed by atoms with Gasteiger partial charge < -0.3 is 5.73 Å². The molecule has 1 nitrogen and oxygen atoms in total. The molecule has 0 amide bonds. The van der Waals surface area contributed by atoms with Gasteiger partial charge in [-0.05, 0) is 24.3 Å². The van der Waals surface area contributed by atoms with Crippen LogP contribution in [0, 0.1) is 5.82 Å². The van der Waals surface area contributed by atoms with Crippen molar-refractivity contribution in [3.8, 4) is 0 Å². The molecule has 0 fully saturated rings. The van der Waals surface area contributed by atoms with Crippen molar-refractivity contribution in [1.29, 1.82) is 0 Å². The van der Waals surface area contributed by atoms with E-state index in [1.54, 1.807) is 23.9 Å². The third-order valence-electron chi connectivity index (χ3n) is 1.48. The first-order valence-corrected chi connectivity index (χ1v) is 4.72. The Balaban J connectivity index is 2.58. The first-order valence-electron chi connectivity index (χ1n) is 3.84. The molecule has 1 aromatic rings. The predicted molar refractivity (Wildman–Crippen MR) is 50.8 cm³/mol. The first kappa shape index (κ1) is 9.55. The topological polar surface area (TPSA) is 26.0 Å². The van der Waals surface area contributed by atoms with Gasteiger partial charge in [0, 0.05) is 16.7 Å². The highest BCUT2D eigenvalue weighted by molar-refractivity contribution is 8.00. The second-order valence-electron chi connectivity index (χ2n) is 2.62. The Labute approximate surface area is 76.2 Å². The quantitative estimate of drug-likeness (QED) is 0.731. The van der Waals surface area contributed by atoms with Crippen LogP contribution in [0.1, 0.15) is 6.92 Å². The third-order valence-corrected chi connectivity index (χ3v) is 2.62. The van der Waals surface area contributed by atoms with Crippen molar-refractivity contribution in [1.82, 2.24) is 0 Å². The van der Waals surface area contributed by atoms with Crippen LogP contribution >= 0.6 is 11.8 Å². The number of benzene rings is 1. The van der Waals surface area contributed by atoms with E-state index >= 15 is 0 Å². The first-order chi connectivity index (χ1) is 5.72. The Morgan fingerprint density at radius 3 is 2.50 bits per heavy atom. The highest BCUT2D eigenvalue weighted by Crippen LogP contribution is 2.22. The fourth-order valence-electron chi connectivity index (χ4n) is 0.794. The fourth-order valence-corrected chi connectivity index (χ4v) is 1.65. The summed E-state index contributed by atoms with van der Waals surface area (Å²) in [6.45, 7) is 2.69. The zero-order chi connectivity index (χ0) is 8.97. The molecule has 0 radical (unpaired) electrons. The lowest BCUT2D eigenvalue weighted by molar-refractivity contribution is 0.626. The van der Waals surface area contributed by atoms with Crippen molar-refractivity contribution < 1.29 is 4.39 Å². The molecule has 66 valence electrons. The molecular formula is C9H12FNS. The molecule has 1 atom stereocenters. The maximum absolute atomic E-state index is 12.5. The number of halogens is 1. The van der Waals surface area contributed by atoms with Crippen LogP contribution < -0.4 is 5.73 Å². The standard InChI is InChI=1S/C9H12FNS/c1-7(6-11)12-9-4-2-8(10)3-5-9/h2-5,7H,6,11H2,1H3. The van der Waals surface area contributed by atoms with Gasteiger partial charge in [0.25, 0.3) is 0 Å². The largest absolute Gasteiger partial charge is 0.329 e. The lowest BCUT2D eigenvalue weighted by atomic mass is 10.3. The molecule has 0 aliphatic heterocycles. The van der Waals surface area contributed by atoms with Gasteiger partial charge in [0.15, 0.2) is 0 Å². The summed E-state index contributed by atoms with van der Waals surface area (Å²) in [4.78, 5) is 1.06. The van der Waals surface area contributed by atoms with Crippen LogP contribution in [-0.2, 0) is 0 Å². The summed E-state index contributed by atoms with van der Waals surface area (Å²) in [5.74, 6) is -0.195. The summed E-state index contributed by atoms with van der Waals surface area (Å²) in [5, 5.41) is 0.385. The van der Waals surface area contributed by atoms with Crippen molar-refractivity contribution in [3.63, 3.8) is 0 Å². The summed E-state index contributed by atoms with van der Waals surface area (Å²) in [6.07, 6.45) is 0. The van der Waals surface area contributed by atoms with Crippen LogP contribution in [0.15, 0.2) is 29.2 Å². The summed E-state index contributed by atoms with van der Waals surface area (Å²) < 4.78 is 12.5.